The Bertz CT molecular complexity index is 1550. The van der Waals surface area contributed by atoms with E-state index in [9.17, 15) is 14.4 Å². The van der Waals surface area contributed by atoms with Crippen LogP contribution in [0.4, 0.5) is 9.93 Å². The van der Waals surface area contributed by atoms with Crippen LogP contribution in [0.15, 0.2) is 42.3 Å². The number of nitrogen functional groups attached to an aromatic ring is 1. The lowest BCUT2D eigenvalue weighted by atomic mass is 10.1. The number of nitrogens with zero attached hydrogens (tertiary/aromatic N) is 3. The number of amides is 2. The summed E-state index contributed by atoms with van der Waals surface area (Å²) in [7, 11) is 0. The SMILES string of the molecule is C=C[C@@H]1C[C@]1(NC(=O)[C@@H]1C[C@@H](Oc2cc(-c3csc(N)n3)nc3cc(C)ccc23)CN1C(=O)OC(C)(C)C)C(C)=O. The van der Waals surface area contributed by atoms with Crippen molar-refractivity contribution >= 4 is 45.2 Å². The van der Waals surface area contributed by atoms with Crippen LogP contribution in [0, 0.1) is 12.8 Å². The molecule has 2 fully saturated rings. The highest BCUT2D eigenvalue weighted by atomic mass is 32.1. The first kappa shape index (κ1) is 28.5. The fraction of sp³-hybridized carbons (Fsp3) is 0.433. The number of Topliss-reactive ketones (excluding diaryl/α,β-unsaturated/α-hetero) is 1. The first-order valence-corrected chi connectivity index (χ1v) is 14.4. The van der Waals surface area contributed by atoms with Crippen LogP contribution in [-0.2, 0) is 14.3 Å². The average molecular weight is 578 g/mol. The van der Waals surface area contributed by atoms with Crippen LogP contribution in [0.2, 0.25) is 0 Å². The molecule has 0 bridgehead atoms. The molecule has 3 aromatic rings. The van der Waals surface area contributed by atoms with Gasteiger partial charge >= 0.3 is 6.09 Å². The number of thiazole rings is 1. The molecule has 1 aliphatic heterocycles. The summed E-state index contributed by atoms with van der Waals surface area (Å²) in [6, 6.07) is 6.80. The van der Waals surface area contributed by atoms with Gasteiger partial charge in [0.25, 0.3) is 0 Å². The number of hydrogen-bond acceptors (Lipinski definition) is 9. The Balaban J connectivity index is 1.46. The third kappa shape index (κ3) is 5.76. The molecule has 11 heteroatoms. The lowest BCUT2D eigenvalue weighted by Gasteiger charge is -2.28. The van der Waals surface area contributed by atoms with E-state index in [1.165, 1.54) is 23.2 Å². The number of likely N-dealkylation sites (tertiary alicyclic amines) is 1. The number of carbonyl (C=O) groups excluding carboxylic acids is 3. The molecule has 0 unspecified atom stereocenters. The number of nitrogens with two attached hydrogens (primary N) is 1. The molecule has 1 saturated carbocycles. The van der Waals surface area contributed by atoms with Gasteiger partial charge in [-0.3, -0.25) is 14.5 Å². The fourth-order valence-electron chi connectivity index (χ4n) is 5.29. The fourth-order valence-corrected chi connectivity index (χ4v) is 5.84. The number of aryl methyl sites for hydroxylation is 1. The van der Waals surface area contributed by atoms with E-state index in [0.29, 0.717) is 28.7 Å². The topological polar surface area (TPSA) is 137 Å². The van der Waals surface area contributed by atoms with Crippen molar-refractivity contribution in [1.29, 1.82) is 0 Å². The summed E-state index contributed by atoms with van der Waals surface area (Å²) in [5.41, 5.74) is 7.14. The molecule has 10 nitrogen and oxygen atoms in total. The molecular formula is C30H35N5O5S. The minimum Gasteiger partial charge on any atom is -0.488 e. The van der Waals surface area contributed by atoms with E-state index < -0.39 is 35.3 Å². The first-order chi connectivity index (χ1) is 19.3. The second kappa shape index (κ2) is 10.4. The summed E-state index contributed by atoms with van der Waals surface area (Å²) in [5.74, 6) is -0.146. The molecule has 41 heavy (non-hydrogen) atoms. The quantitative estimate of drug-likeness (QED) is 0.387. The molecular weight excluding hydrogens is 542 g/mol. The molecule has 3 heterocycles. The van der Waals surface area contributed by atoms with E-state index in [4.69, 9.17) is 20.2 Å². The summed E-state index contributed by atoms with van der Waals surface area (Å²) >= 11 is 1.32. The third-order valence-electron chi connectivity index (χ3n) is 7.47. The molecule has 216 valence electrons. The van der Waals surface area contributed by atoms with Gasteiger partial charge in [-0.25, -0.2) is 14.8 Å². The number of pyridine rings is 1. The number of hydrogen-bond donors (Lipinski definition) is 2. The van der Waals surface area contributed by atoms with Gasteiger partial charge < -0.3 is 20.5 Å². The van der Waals surface area contributed by atoms with Crippen LogP contribution in [0.1, 0.15) is 46.1 Å². The van der Waals surface area contributed by atoms with Crippen LogP contribution in [0.5, 0.6) is 5.75 Å². The number of nitrogens with one attached hydrogen (secondary N) is 1. The van der Waals surface area contributed by atoms with Crippen LogP contribution in [0.25, 0.3) is 22.3 Å². The Morgan fingerprint density at radius 2 is 1.98 bits per heavy atom. The van der Waals surface area contributed by atoms with Gasteiger partial charge in [-0.05, 0) is 58.7 Å². The van der Waals surface area contributed by atoms with E-state index in [2.05, 4.69) is 16.9 Å². The zero-order valence-corrected chi connectivity index (χ0v) is 24.7. The van der Waals surface area contributed by atoms with Crippen molar-refractivity contribution in [1.82, 2.24) is 20.2 Å². The van der Waals surface area contributed by atoms with Crippen LogP contribution < -0.4 is 15.8 Å². The standard InChI is InChI=1S/C30H35N5O5S/c1-7-18-13-30(18,17(3)36)34-26(37)24-11-19(14-35(24)28(38)40-29(4,5)6)39-25-12-22(23-15-41-27(31)33-23)32-21-10-16(2)8-9-20(21)25/h7-10,12,15,18-19,24H,1,11,13-14H2,2-6H3,(H2,31,33)(H,34,37)/t18-,19-,24+,30+/m1/s1. The summed E-state index contributed by atoms with van der Waals surface area (Å²) in [6.07, 6.45) is 1.24. The van der Waals surface area contributed by atoms with E-state index >= 15 is 0 Å². The summed E-state index contributed by atoms with van der Waals surface area (Å²) < 4.78 is 12.2. The minimum atomic E-state index is -0.985. The third-order valence-corrected chi connectivity index (χ3v) is 8.15. The average Bonchev–Trinajstić information content (AvgIpc) is 3.18. The number of benzene rings is 1. The molecule has 2 amide bonds. The van der Waals surface area contributed by atoms with Gasteiger partial charge in [-0.2, -0.15) is 0 Å². The van der Waals surface area contributed by atoms with Gasteiger partial charge in [0.15, 0.2) is 10.9 Å². The predicted octanol–water partition coefficient (Wildman–Crippen LogP) is 4.66. The summed E-state index contributed by atoms with van der Waals surface area (Å²) in [6.45, 7) is 12.7. The Kier molecular flexibility index (Phi) is 7.27. The Hall–Kier alpha value is -3.99. The first-order valence-electron chi connectivity index (χ1n) is 13.5. The minimum absolute atomic E-state index is 0.125. The monoisotopic (exact) mass is 577 g/mol. The highest BCUT2D eigenvalue weighted by molar-refractivity contribution is 7.13. The molecule has 1 aliphatic carbocycles. The van der Waals surface area contributed by atoms with E-state index in [-0.39, 0.29) is 24.7 Å². The number of ether oxygens (including phenoxy) is 2. The molecule has 1 aromatic carbocycles. The summed E-state index contributed by atoms with van der Waals surface area (Å²) in [5, 5.41) is 5.98. The molecule has 4 atom stereocenters. The number of carbonyl (C=O) groups is 3. The highest BCUT2D eigenvalue weighted by Crippen LogP contribution is 2.45. The Morgan fingerprint density at radius 3 is 2.59 bits per heavy atom. The molecule has 0 radical (unpaired) electrons. The smallest absolute Gasteiger partial charge is 0.411 e. The second-order valence-electron chi connectivity index (χ2n) is 11.8. The van der Waals surface area contributed by atoms with Crippen molar-refractivity contribution in [3.63, 3.8) is 0 Å². The highest BCUT2D eigenvalue weighted by Gasteiger charge is 2.58. The maximum absolute atomic E-state index is 13.6. The molecule has 3 N–H and O–H groups in total. The van der Waals surface area contributed by atoms with Gasteiger partial charge in [0.2, 0.25) is 5.91 Å². The predicted molar refractivity (Wildman–Crippen MR) is 158 cm³/mol. The number of aromatic nitrogens is 2. The molecule has 0 spiro atoms. The van der Waals surface area contributed by atoms with Gasteiger partial charge in [0.1, 0.15) is 34.7 Å². The van der Waals surface area contributed by atoms with Crippen molar-refractivity contribution in [3.05, 3.63) is 47.9 Å². The summed E-state index contributed by atoms with van der Waals surface area (Å²) in [4.78, 5) is 49.9. The van der Waals surface area contributed by atoms with Gasteiger partial charge in [0, 0.05) is 29.2 Å². The maximum Gasteiger partial charge on any atom is 0.411 e. The number of rotatable bonds is 7. The normalized spacial score (nSPS) is 23.7. The van der Waals surface area contributed by atoms with Crippen LogP contribution in [-0.4, -0.2) is 62.5 Å². The van der Waals surface area contributed by atoms with Gasteiger partial charge in [-0.15, -0.1) is 17.9 Å². The lowest BCUT2D eigenvalue weighted by molar-refractivity contribution is -0.130. The lowest BCUT2D eigenvalue weighted by Crippen LogP contribution is -2.53. The zero-order chi connectivity index (χ0) is 29.7. The van der Waals surface area contributed by atoms with E-state index in [0.717, 1.165) is 16.5 Å². The molecule has 2 aliphatic rings. The largest absolute Gasteiger partial charge is 0.488 e. The zero-order valence-electron chi connectivity index (χ0n) is 23.9. The number of fused-ring (bicyclic) bond motifs is 1. The Morgan fingerprint density at radius 1 is 1.22 bits per heavy atom. The van der Waals surface area contributed by atoms with Crippen molar-refractivity contribution in [3.8, 4) is 17.1 Å². The van der Waals surface area contributed by atoms with Crippen LogP contribution >= 0.6 is 11.3 Å². The van der Waals surface area contributed by atoms with Crippen LogP contribution in [0.3, 0.4) is 0 Å². The maximum atomic E-state index is 13.6. The van der Waals surface area contributed by atoms with Gasteiger partial charge in [-0.1, -0.05) is 12.1 Å². The molecule has 2 aromatic heterocycles. The van der Waals surface area contributed by atoms with Crippen molar-refractivity contribution < 1.29 is 23.9 Å². The van der Waals surface area contributed by atoms with E-state index in [1.807, 2.05) is 30.5 Å². The molecule has 5 rings (SSSR count). The van der Waals surface area contributed by atoms with Crippen molar-refractivity contribution in [2.24, 2.45) is 5.92 Å². The Labute approximate surface area is 242 Å². The number of ketones is 1. The number of anilines is 1. The van der Waals surface area contributed by atoms with Gasteiger partial charge in [0.05, 0.1) is 17.8 Å². The van der Waals surface area contributed by atoms with E-state index in [1.54, 1.807) is 32.9 Å². The van der Waals surface area contributed by atoms with Crippen molar-refractivity contribution in [2.75, 3.05) is 12.3 Å². The second-order valence-corrected chi connectivity index (χ2v) is 12.7. The van der Waals surface area contributed by atoms with Crippen molar-refractivity contribution in [2.45, 2.75) is 70.7 Å². The molecule has 1 saturated heterocycles.